The molecule has 15 heavy (non-hydrogen) atoms. The standard InChI is InChI=1S/C13H14O2/c1-9-6-10-4-2-3-5-12(10)11(7-9)8-13(14)15/h2-5,8-9H,6-7H2,1H3,(H,14,15)/b11-8+. The molecule has 0 saturated heterocycles. The fourth-order valence-electron chi connectivity index (χ4n) is 2.23. The van der Waals surface area contributed by atoms with Gasteiger partial charge in [0, 0.05) is 6.08 Å². The zero-order valence-corrected chi connectivity index (χ0v) is 8.73. The van der Waals surface area contributed by atoms with Crippen molar-refractivity contribution in [2.45, 2.75) is 19.8 Å². The number of hydrogen-bond donors (Lipinski definition) is 1. The van der Waals surface area contributed by atoms with E-state index in [4.69, 9.17) is 5.11 Å². The van der Waals surface area contributed by atoms with Gasteiger partial charge >= 0.3 is 5.97 Å². The van der Waals surface area contributed by atoms with E-state index in [9.17, 15) is 4.79 Å². The highest BCUT2D eigenvalue weighted by Gasteiger charge is 2.19. The lowest BCUT2D eigenvalue weighted by molar-refractivity contribution is -0.131. The van der Waals surface area contributed by atoms with Crippen LogP contribution in [0.3, 0.4) is 0 Å². The van der Waals surface area contributed by atoms with E-state index in [0.29, 0.717) is 5.92 Å². The number of fused-ring (bicyclic) bond motifs is 1. The van der Waals surface area contributed by atoms with E-state index in [2.05, 4.69) is 13.0 Å². The van der Waals surface area contributed by atoms with Gasteiger partial charge in [0.1, 0.15) is 0 Å². The molecule has 0 aromatic heterocycles. The third-order valence-electron chi connectivity index (χ3n) is 2.80. The highest BCUT2D eigenvalue weighted by atomic mass is 16.4. The topological polar surface area (TPSA) is 37.3 Å². The fourth-order valence-corrected chi connectivity index (χ4v) is 2.23. The van der Waals surface area contributed by atoms with Crippen LogP contribution in [0.15, 0.2) is 30.3 Å². The zero-order valence-electron chi connectivity index (χ0n) is 8.73. The lowest BCUT2D eigenvalue weighted by Gasteiger charge is -2.23. The third-order valence-corrected chi connectivity index (χ3v) is 2.80. The molecular formula is C13H14O2. The van der Waals surface area contributed by atoms with Crippen molar-refractivity contribution in [2.75, 3.05) is 0 Å². The van der Waals surface area contributed by atoms with Crippen molar-refractivity contribution in [3.63, 3.8) is 0 Å². The van der Waals surface area contributed by atoms with Gasteiger partial charge in [0.15, 0.2) is 0 Å². The first kappa shape index (κ1) is 9.97. The van der Waals surface area contributed by atoms with Crippen LogP contribution in [0.2, 0.25) is 0 Å². The number of carboxylic acids is 1. The van der Waals surface area contributed by atoms with Crippen molar-refractivity contribution < 1.29 is 9.90 Å². The summed E-state index contributed by atoms with van der Waals surface area (Å²) in [5.41, 5.74) is 3.33. The summed E-state index contributed by atoms with van der Waals surface area (Å²) in [4.78, 5) is 10.7. The van der Waals surface area contributed by atoms with E-state index in [-0.39, 0.29) is 0 Å². The van der Waals surface area contributed by atoms with Gasteiger partial charge in [0.2, 0.25) is 0 Å². The Kier molecular flexibility index (Phi) is 2.58. The van der Waals surface area contributed by atoms with Crippen LogP contribution in [-0.4, -0.2) is 11.1 Å². The molecule has 78 valence electrons. The zero-order chi connectivity index (χ0) is 10.8. The summed E-state index contributed by atoms with van der Waals surface area (Å²) in [6, 6.07) is 8.07. The van der Waals surface area contributed by atoms with Crippen molar-refractivity contribution in [2.24, 2.45) is 5.92 Å². The first-order valence-corrected chi connectivity index (χ1v) is 5.18. The molecule has 0 spiro atoms. The van der Waals surface area contributed by atoms with Gasteiger partial charge in [-0.3, -0.25) is 0 Å². The van der Waals surface area contributed by atoms with Gasteiger partial charge in [-0.15, -0.1) is 0 Å². The van der Waals surface area contributed by atoms with Gasteiger partial charge in [0.05, 0.1) is 0 Å². The summed E-state index contributed by atoms with van der Waals surface area (Å²) in [5, 5.41) is 8.80. The number of allylic oxidation sites excluding steroid dienone is 1. The van der Waals surface area contributed by atoms with Crippen molar-refractivity contribution in [1.29, 1.82) is 0 Å². The Morgan fingerprint density at radius 3 is 2.87 bits per heavy atom. The molecule has 0 aliphatic heterocycles. The lowest BCUT2D eigenvalue weighted by atomic mass is 9.81. The highest BCUT2D eigenvalue weighted by molar-refractivity contribution is 5.91. The lowest BCUT2D eigenvalue weighted by Crippen LogP contribution is -2.11. The average molecular weight is 202 g/mol. The number of carbonyl (C=O) groups is 1. The normalized spacial score (nSPS) is 22.5. The van der Waals surface area contributed by atoms with Crippen LogP contribution in [0.1, 0.15) is 24.5 Å². The number of carboxylic acid groups (broad SMARTS) is 1. The predicted molar refractivity (Wildman–Crippen MR) is 59.5 cm³/mol. The van der Waals surface area contributed by atoms with Crippen LogP contribution in [-0.2, 0) is 11.2 Å². The summed E-state index contributed by atoms with van der Waals surface area (Å²) in [6.45, 7) is 2.16. The summed E-state index contributed by atoms with van der Waals surface area (Å²) in [5.74, 6) is -0.320. The van der Waals surface area contributed by atoms with E-state index in [0.717, 1.165) is 24.0 Å². The van der Waals surface area contributed by atoms with E-state index in [1.54, 1.807) is 0 Å². The fraction of sp³-hybridized carbons (Fsp3) is 0.308. The van der Waals surface area contributed by atoms with Crippen molar-refractivity contribution in [3.8, 4) is 0 Å². The number of aliphatic carboxylic acids is 1. The van der Waals surface area contributed by atoms with Crippen molar-refractivity contribution >= 4 is 11.5 Å². The van der Waals surface area contributed by atoms with Crippen molar-refractivity contribution in [3.05, 3.63) is 41.5 Å². The summed E-state index contributed by atoms with van der Waals surface area (Å²) in [7, 11) is 0. The second-order valence-corrected chi connectivity index (χ2v) is 4.18. The van der Waals surface area contributed by atoms with Gasteiger partial charge in [-0.2, -0.15) is 0 Å². The summed E-state index contributed by atoms with van der Waals surface area (Å²) in [6.07, 6.45) is 3.25. The van der Waals surface area contributed by atoms with Crippen LogP contribution < -0.4 is 0 Å². The quantitative estimate of drug-likeness (QED) is 0.711. The molecule has 0 amide bonds. The summed E-state index contributed by atoms with van der Waals surface area (Å²) >= 11 is 0. The van der Waals surface area contributed by atoms with Crippen LogP contribution >= 0.6 is 0 Å². The molecule has 1 aromatic carbocycles. The summed E-state index contributed by atoms with van der Waals surface area (Å²) < 4.78 is 0. The SMILES string of the molecule is CC1C/C(=C\C(=O)O)c2ccccc2C1. The maximum atomic E-state index is 10.7. The minimum atomic E-state index is -0.853. The molecule has 1 aliphatic carbocycles. The maximum absolute atomic E-state index is 10.7. The van der Waals surface area contributed by atoms with Gasteiger partial charge in [-0.1, -0.05) is 31.2 Å². The molecule has 0 saturated carbocycles. The van der Waals surface area contributed by atoms with Crippen LogP contribution in [0.25, 0.3) is 5.57 Å². The Morgan fingerprint density at radius 2 is 2.13 bits per heavy atom. The maximum Gasteiger partial charge on any atom is 0.328 e. The molecule has 2 nitrogen and oxygen atoms in total. The highest BCUT2D eigenvalue weighted by Crippen LogP contribution is 2.33. The smallest absolute Gasteiger partial charge is 0.328 e. The van der Waals surface area contributed by atoms with Crippen LogP contribution in [0, 0.1) is 5.92 Å². The number of rotatable bonds is 1. The molecule has 1 unspecified atom stereocenters. The molecule has 1 aromatic rings. The first-order chi connectivity index (χ1) is 7.16. The van der Waals surface area contributed by atoms with E-state index < -0.39 is 5.97 Å². The van der Waals surface area contributed by atoms with Gasteiger partial charge in [-0.25, -0.2) is 4.79 Å². The van der Waals surface area contributed by atoms with Crippen LogP contribution in [0.5, 0.6) is 0 Å². The Balaban J connectivity index is 2.47. The molecule has 2 heteroatoms. The minimum Gasteiger partial charge on any atom is -0.478 e. The number of benzene rings is 1. The Bertz CT molecular complexity index is 418. The predicted octanol–water partition coefficient (Wildman–Crippen LogP) is 2.74. The molecule has 2 rings (SSSR count). The molecule has 1 atom stereocenters. The molecule has 0 fully saturated rings. The molecular weight excluding hydrogens is 188 g/mol. The second-order valence-electron chi connectivity index (χ2n) is 4.18. The Morgan fingerprint density at radius 1 is 1.40 bits per heavy atom. The Hall–Kier alpha value is -1.57. The van der Waals surface area contributed by atoms with E-state index in [1.807, 2.05) is 18.2 Å². The van der Waals surface area contributed by atoms with Gasteiger partial charge in [-0.05, 0) is 35.5 Å². The molecule has 1 aliphatic rings. The minimum absolute atomic E-state index is 0.533. The molecule has 0 heterocycles. The van der Waals surface area contributed by atoms with Gasteiger partial charge < -0.3 is 5.11 Å². The second kappa shape index (κ2) is 3.89. The number of hydrogen-bond acceptors (Lipinski definition) is 1. The first-order valence-electron chi connectivity index (χ1n) is 5.18. The van der Waals surface area contributed by atoms with Gasteiger partial charge in [0.25, 0.3) is 0 Å². The van der Waals surface area contributed by atoms with E-state index >= 15 is 0 Å². The Labute approximate surface area is 89.2 Å². The molecule has 1 N–H and O–H groups in total. The monoisotopic (exact) mass is 202 g/mol. The largest absolute Gasteiger partial charge is 0.478 e. The third kappa shape index (κ3) is 2.09. The molecule has 0 radical (unpaired) electrons. The molecule has 0 bridgehead atoms. The van der Waals surface area contributed by atoms with E-state index in [1.165, 1.54) is 11.6 Å². The average Bonchev–Trinajstić information content (AvgIpc) is 2.16. The van der Waals surface area contributed by atoms with Crippen molar-refractivity contribution in [1.82, 2.24) is 0 Å². The van der Waals surface area contributed by atoms with Crippen LogP contribution in [0.4, 0.5) is 0 Å².